The minimum atomic E-state index is -0.434. The molecule has 1 aromatic heterocycles. The SMILES string of the molecule is CCN(CCn1c(-c2ccc(F)cc2)ccc(NC(=O)[C@H](C)NC)c1=O)C1CCCc2ccccc21. The third kappa shape index (κ3) is 5.58. The summed E-state index contributed by atoms with van der Waals surface area (Å²) in [6, 6.07) is 18.1. The number of fused-ring (bicyclic) bond motifs is 1. The second-order valence-corrected chi connectivity index (χ2v) is 9.33. The summed E-state index contributed by atoms with van der Waals surface area (Å²) in [6.07, 6.45) is 3.33. The standard InChI is InChI=1S/C29H35FN4O2/c1-4-33(27-11-7-9-21-8-5-6-10-24(21)27)18-19-34-26(22-12-14-23(30)15-13-22)17-16-25(29(34)36)32-28(35)20(2)31-3/h5-6,8,10,12-17,20,27,31H,4,7,9,11,18-19H2,1-3H3,(H,32,35)/t20-,27?/m0/s1. The molecule has 1 unspecified atom stereocenters. The van der Waals surface area contributed by atoms with Gasteiger partial charge in [0.2, 0.25) is 5.91 Å². The molecular weight excluding hydrogens is 455 g/mol. The number of nitrogens with one attached hydrogen (secondary N) is 2. The fourth-order valence-corrected chi connectivity index (χ4v) is 5.01. The summed E-state index contributed by atoms with van der Waals surface area (Å²) in [7, 11) is 1.70. The van der Waals surface area contributed by atoms with E-state index in [1.807, 2.05) is 6.07 Å². The lowest BCUT2D eigenvalue weighted by atomic mass is 9.87. The van der Waals surface area contributed by atoms with Crippen molar-refractivity contribution in [3.63, 3.8) is 0 Å². The van der Waals surface area contributed by atoms with Crippen LogP contribution in [0, 0.1) is 5.82 Å². The van der Waals surface area contributed by atoms with Crippen LogP contribution in [0.4, 0.5) is 10.1 Å². The minimum Gasteiger partial charge on any atom is -0.320 e. The van der Waals surface area contributed by atoms with E-state index in [0.717, 1.165) is 31.4 Å². The van der Waals surface area contributed by atoms with Gasteiger partial charge in [-0.3, -0.25) is 14.5 Å². The zero-order valence-corrected chi connectivity index (χ0v) is 21.3. The average molecular weight is 491 g/mol. The number of hydrogen-bond donors (Lipinski definition) is 2. The zero-order chi connectivity index (χ0) is 25.7. The molecule has 0 saturated carbocycles. The van der Waals surface area contributed by atoms with Gasteiger partial charge >= 0.3 is 0 Å². The molecule has 0 bridgehead atoms. The second-order valence-electron chi connectivity index (χ2n) is 9.33. The van der Waals surface area contributed by atoms with Crippen LogP contribution in [0.3, 0.4) is 0 Å². The molecule has 0 aliphatic heterocycles. The van der Waals surface area contributed by atoms with E-state index < -0.39 is 6.04 Å². The van der Waals surface area contributed by atoms with Crippen LogP contribution in [0.2, 0.25) is 0 Å². The number of carbonyl (C=O) groups is 1. The molecule has 0 saturated heterocycles. The van der Waals surface area contributed by atoms with E-state index in [1.54, 1.807) is 36.7 Å². The molecule has 1 heterocycles. The Kier molecular flexibility index (Phi) is 8.33. The molecule has 7 heteroatoms. The van der Waals surface area contributed by atoms with Crippen molar-refractivity contribution in [3.05, 3.63) is 88.0 Å². The highest BCUT2D eigenvalue weighted by atomic mass is 19.1. The van der Waals surface area contributed by atoms with Crippen LogP contribution < -0.4 is 16.2 Å². The largest absolute Gasteiger partial charge is 0.320 e. The monoisotopic (exact) mass is 490 g/mol. The molecule has 2 N–H and O–H groups in total. The summed E-state index contributed by atoms with van der Waals surface area (Å²) in [4.78, 5) is 28.5. The molecule has 36 heavy (non-hydrogen) atoms. The van der Waals surface area contributed by atoms with Gasteiger partial charge in [-0.25, -0.2) is 4.39 Å². The maximum Gasteiger partial charge on any atom is 0.274 e. The predicted octanol–water partition coefficient (Wildman–Crippen LogP) is 4.60. The number of benzene rings is 2. The Morgan fingerprint density at radius 1 is 1.14 bits per heavy atom. The zero-order valence-electron chi connectivity index (χ0n) is 21.3. The highest BCUT2D eigenvalue weighted by Gasteiger charge is 2.25. The molecule has 1 amide bonds. The summed E-state index contributed by atoms with van der Waals surface area (Å²) < 4.78 is 15.3. The summed E-state index contributed by atoms with van der Waals surface area (Å²) in [5.74, 6) is -0.601. The lowest BCUT2D eigenvalue weighted by molar-refractivity contribution is -0.117. The van der Waals surface area contributed by atoms with Gasteiger partial charge in [0.25, 0.3) is 5.56 Å². The number of halogens is 1. The number of rotatable bonds is 9. The lowest BCUT2D eigenvalue weighted by Gasteiger charge is -2.35. The first-order valence-corrected chi connectivity index (χ1v) is 12.7. The van der Waals surface area contributed by atoms with Crippen LogP contribution in [0.1, 0.15) is 43.9 Å². The Labute approximate surface area is 212 Å². The van der Waals surface area contributed by atoms with Gasteiger partial charge in [-0.05, 0) is 92.9 Å². The van der Waals surface area contributed by atoms with Gasteiger partial charge in [0, 0.05) is 19.1 Å². The van der Waals surface area contributed by atoms with Gasteiger partial charge in [0.05, 0.1) is 11.7 Å². The number of pyridine rings is 1. The summed E-state index contributed by atoms with van der Waals surface area (Å²) in [5.41, 5.74) is 4.19. The van der Waals surface area contributed by atoms with Crippen LogP contribution >= 0.6 is 0 Å². The van der Waals surface area contributed by atoms with Gasteiger partial charge in [-0.2, -0.15) is 0 Å². The van der Waals surface area contributed by atoms with Crippen molar-refractivity contribution < 1.29 is 9.18 Å². The van der Waals surface area contributed by atoms with Crippen molar-refractivity contribution in [3.8, 4) is 11.3 Å². The molecule has 4 rings (SSSR count). The van der Waals surface area contributed by atoms with Gasteiger partial charge in [-0.15, -0.1) is 0 Å². The molecule has 0 spiro atoms. The summed E-state index contributed by atoms with van der Waals surface area (Å²) >= 11 is 0. The predicted molar refractivity (Wildman–Crippen MR) is 143 cm³/mol. The number of hydrogen-bond acceptors (Lipinski definition) is 4. The van der Waals surface area contributed by atoms with Crippen molar-refractivity contribution in [1.29, 1.82) is 0 Å². The number of carbonyl (C=O) groups excluding carboxylic acids is 1. The van der Waals surface area contributed by atoms with Crippen molar-refractivity contribution in [2.24, 2.45) is 0 Å². The van der Waals surface area contributed by atoms with Crippen LogP contribution in [-0.2, 0) is 17.8 Å². The van der Waals surface area contributed by atoms with Crippen LogP contribution in [0.25, 0.3) is 11.3 Å². The minimum absolute atomic E-state index is 0.235. The fraction of sp³-hybridized carbons (Fsp3) is 0.379. The molecule has 1 aliphatic carbocycles. The first-order chi connectivity index (χ1) is 17.4. The molecule has 2 atom stereocenters. The molecule has 2 aromatic carbocycles. The van der Waals surface area contributed by atoms with Crippen LogP contribution in [-0.4, -0.2) is 41.6 Å². The van der Waals surface area contributed by atoms with E-state index in [-0.39, 0.29) is 23.0 Å². The lowest BCUT2D eigenvalue weighted by Crippen LogP contribution is -2.39. The van der Waals surface area contributed by atoms with E-state index in [4.69, 9.17) is 0 Å². The third-order valence-corrected chi connectivity index (χ3v) is 7.19. The Morgan fingerprint density at radius 2 is 1.89 bits per heavy atom. The van der Waals surface area contributed by atoms with Gasteiger partial charge in [-0.1, -0.05) is 31.2 Å². The van der Waals surface area contributed by atoms with E-state index in [0.29, 0.717) is 24.8 Å². The quantitative estimate of drug-likeness (QED) is 0.460. The highest BCUT2D eigenvalue weighted by molar-refractivity contribution is 5.94. The smallest absolute Gasteiger partial charge is 0.274 e. The first kappa shape index (κ1) is 25.8. The van der Waals surface area contributed by atoms with Gasteiger partial charge in [0.1, 0.15) is 11.5 Å². The average Bonchev–Trinajstić information content (AvgIpc) is 2.91. The van der Waals surface area contributed by atoms with E-state index in [2.05, 4.69) is 46.7 Å². The van der Waals surface area contributed by atoms with Gasteiger partial charge < -0.3 is 15.2 Å². The number of nitrogens with zero attached hydrogens (tertiary/aromatic N) is 2. The summed E-state index contributed by atoms with van der Waals surface area (Å²) in [6.45, 7) is 5.87. The van der Waals surface area contributed by atoms with Crippen molar-refractivity contribution >= 4 is 11.6 Å². The van der Waals surface area contributed by atoms with Crippen molar-refractivity contribution in [2.75, 3.05) is 25.5 Å². The van der Waals surface area contributed by atoms with Crippen molar-refractivity contribution in [2.45, 2.75) is 51.7 Å². The Hall–Kier alpha value is -3.29. The fourth-order valence-electron chi connectivity index (χ4n) is 5.01. The Balaban J connectivity index is 1.66. The molecular formula is C29H35FN4O2. The maximum atomic E-state index is 13.6. The second kappa shape index (κ2) is 11.6. The van der Waals surface area contributed by atoms with E-state index >= 15 is 0 Å². The van der Waals surface area contributed by atoms with Crippen LogP contribution in [0.15, 0.2) is 65.5 Å². The number of likely N-dealkylation sites (N-methyl/N-ethyl adjacent to an activating group) is 2. The number of aromatic nitrogens is 1. The topological polar surface area (TPSA) is 66.4 Å². The molecule has 6 nitrogen and oxygen atoms in total. The van der Waals surface area contributed by atoms with E-state index in [1.165, 1.54) is 23.3 Å². The normalized spacial score (nSPS) is 16.0. The van der Waals surface area contributed by atoms with Crippen LogP contribution in [0.5, 0.6) is 0 Å². The van der Waals surface area contributed by atoms with Gasteiger partial charge in [0.15, 0.2) is 0 Å². The Morgan fingerprint density at radius 3 is 2.61 bits per heavy atom. The molecule has 0 radical (unpaired) electrons. The third-order valence-electron chi connectivity index (χ3n) is 7.19. The maximum absolute atomic E-state index is 13.6. The molecule has 0 fully saturated rings. The molecule has 190 valence electrons. The summed E-state index contributed by atoms with van der Waals surface area (Å²) in [5, 5.41) is 5.65. The van der Waals surface area contributed by atoms with E-state index in [9.17, 15) is 14.0 Å². The first-order valence-electron chi connectivity index (χ1n) is 12.7. The Bertz CT molecular complexity index is 1250. The molecule has 1 aliphatic rings. The molecule has 3 aromatic rings. The highest BCUT2D eigenvalue weighted by Crippen LogP contribution is 2.34. The number of anilines is 1. The van der Waals surface area contributed by atoms with Crippen molar-refractivity contribution in [1.82, 2.24) is 14.8 Å². The number of amides is 1. The number of aryl methyl sites for hydroxylation is 1.